The molecule has 20 heavy (non-hydrogen) atoms. The monoisotopic (exact) mass is 282 g/mol. The fourth-order valence-electron chi connectivity index (χ4n) is 3.61. The first-order valence-corrected chi connectivity index (χ1v) is 8.50. The Kier molecular flexibility index (Phi) is 5.49. The summed E-state index contributed by atoms with van der Waals surface area (Å²) in [6, 6.07) is 1.26. The first kappa shape index (κ1) is 16.3. The second-order valence-corrected chi connectivity index (χ2v) is 7.87. The van der Waals surface area contributed by atoms with Crippen LogP contribution in [0.4, 0.5) is 0 Å². The SMILES string of the molecule is CCC(C)C1CN(CC2CCCO2)C(C(C)(C)C)CN1. The molecular weight excluding hydrogens is 248 g/mol. The highest BCUT2D eigenvalue weighted by molar-refractivity contribution is 4.94. The van der Waals surface area contributed by atoms with Gasteiger partial charge in [-0.05, 0) is 24.2 Å². The Balaban J connectivity index is 2.02. The van der Waals surface area contributed by atoms with E-state index in [1.165, 1.54) is 25.8 Å². The van der Waals surface area contributed by atoms with Crippen LogP contribution in [0.2, 0.25) is 0 Å². The number of piperazine rings is 1. The van der Waals surface area contributed by atoms with Gasteiger partial charge in [0.1, 0.15) is 0 Å². The summed E-state index contributed by atoms with van der Waals surface area (Å²) in [5.74, 6) is 0.753. The van der Waals surface area contributed by atoms with E-state index >= 15 is 0 Å². The van der Waals surface area contributed by atoms with Crippen LogP contribution in [0.3, 0.4) is 0 Å². The minimum absolute atomic E-state index is 0.325. The van der Waals surface area contributed by atoms with E-state index in [0.29, 0.717) is 23.6 Å². The molecule has 2 aliphatic rings. The van der Waals surface area contributed by atoms with Crippen molar-refractivity contribution in [1.82, 2.24) is 10.2 Å². The summed E-state index contributed by atoms with van der Waals surface area (Å²) in [5, 5.41) is 3.80. The average molecular weight is 282 g/mol. The maximum atomic E-state index is 5.88. The summed E-state index contributed by atoms with van der Waals surface area (Å²) in [4.78, 5) is 2.71. The quantitative estimate of drug-likeness (QED) is 0.858. The molecule has 2 fully saturated rings. The lowest BCUT2D eigenvalue weighted by Gasteiger charge is -2.48. The molecule has 0 amide bonds. The van der Waals surface area contributed by atoms with Gasteiger partial charge in [-0.1, -0.05) is 41.0 Å². The number of ether oxygens (including phenoxy) is 1. The van der Waals surface area contributed by atoms with Crippen LogP contribution in [-0.2, 0) is 4.74 Å². The smallest absolute Gasteiger partial charge is 0.0702 e. The zero-order chi connectivity index (χ0) is 14.8. The van der Waals surface area contributed by atoms with Gasteiger partial charge in [-0.25, -0.2) is 0 Å². The average Bonchev–Trinajstić information content (AvgIpc) is 2.89. The lowest BCUT2D eigenvalue weighted by atomic mass is 9.82. The van der Waals surface area contributed by atoms with E-state index in [0.717, 1.165) is 25.6 Å². The molecule has 0 saturated carbocycles. The molecule has 2 saturated heterocycles. The number of rotatable bonds is 4. The molecule has 2 aliphatic heterocycles. The van der Waals surface area contributed by atoms with E-state index < -0.39 is 0 Å². The van der Waals surface area contributed by atoms with Crippen molar-refractivity contribution in [2.24, 2.45) is 11.3 Å². The van der Waals surface area contributed by atoms with E-state index in [4.69, 9.17) is 4.74 Å². The van der Waals surface area contributed by atoms with Crippen molar-refractivity contribution < 1.29 is 4.74 Å². The van der Waals surface area contributed by atoms with Gasteiger partial charge >= 0.3 is 0 Å². The largest absolute Gasteiger partial charge is 0.377 e. The molecule has 3 heteroatoms. The van der Waals surface area contributed by atoms with Gasteiger partial charge in [0.2, 0.25) is 0 Å². The Morgan fingerprint density at radius 3 is 2.65 bits per heavy atom. The second kappa shape index (κ2) is 6.76. The normalized spacial score (nSPS) is 34.4. The molecule has 2 heterocycles. The zero-order valence-corrected chi connectivity index (χ0v) is 14.1. The molecule has 0 bridgehead atoms. The summed E-state index contributed by atoms with van der Waals surface area (Å²) >= 11 is 0. The Hall–Kier alpha value is -0.120. The Morgan fingerprint density at radius 2 is 2.10 bits per heavy atom. The predicted molar refractivity (Wildman–Crippen MR) is 85.0 cm³/mol. The van der Waals surface area contributed by atoms with Gasteiger partial charge in [-0.15, -0.1) is 0 Å². The van der Waals surface area contributed by atoms with E-state index in [1.807, 2.05) is 0 Å². The molecule has 0 aromatic heterocycles. The highest BCUT2D eigenvalue weighted by atomic mass is 16.5. The molecule has 2 rings (SSSR count). The van der Waals surface area contributed by atoms with Gasteiger partial charge in [-0.3, -0.25) is 4.90 Å². The molecule has 0 spiro atoms. The molecular formula is C17H34N2O. The van der Waals surface area contributed by atoms with Gasteiger partial charge in [-0.2, -0.15) is 0 Å². The molecule has 0 aromatic carbocycles. The standard InChI is InChI=1S/C17H34N2O/c1-6-13(2)15-12-19(11-14-8-7-9-20-14)16(10-18-15)17(3,4)5/h13-16,18H,6-12H2,1-5H3. The summed E-state index contributed by atoms with van der Waals surface area (Å²) in [7, 11) is 0. The topological polar surface area (TPSA) is 24.5 Å². The Bertz CT molecular complexity index is 294. The van der Waals surface area contributed by atoms with E-state index in [1.54, 1.807) is 0 Å². The molecule has 0 radical (unpaired) electrons. The lowest BCUT2D eigenvalue weighted by molar-refractivity contribution is -0.000135. The molecule has 0 aliphatic carbocycles. The first-order chi connectivity index (χ1) is 9.41. The molecule has 4 unspecified atom stereocenters. The van der Waals surface area contributed by atoms with Crippen molar-refractivity contribution in [2.45, 2.75) is 72.1 Å². The van der Waals surface area contributed by atoms with Gasteiger partial charge < -0.3 is 10.1 Å². The number of hydrogen-bond acceptors (Lipinski definition) is 3. The van der Waals surface area contributed by atoms with Crippen molar-refractivity contribution in [1.29, 1.82) is 0 Å². The van der Waals surface area contributed by atoms with Crippen molar-refractivity contribution in [3.8, 4) is 0 Å². The van der Waals surface area contributed by atoms with Gasteiger partial charge in [0.25, 0.3) is 0 Å². The maximum Gasteiger partial charge on any atom is 0.0702 e. The molecule has 118 valence electrons. The van der Waals surface area contributed by atoms with Crippen molar-refractivity contribution >= 4 is 0 Å². The van der Waals surface area contributed by atoms with Gasteiger partial charge in [0.15, 0.2) is 0 Å². The third-order valence-electron chi connectivity index (χ3n) is 5.24. The number of nitrogens with zero attached hydrogens (tertiary/aromatic N) is 1. The Labute approximate surface area is 125 Å². The predicted octanol–water partition coefficient (Wildman–Crippen LogP) is 2.90. The van der Waals surface area contributed by atoms with Crippen LogP contribution in [0.15, 0.2) is 0 Å². The highest BCUT2D eigenvalue weighted by Crippen LogP contribution is 2.29. The third-order valence-corrected chi connectivity index (χ3v) is 5.24. The molecule has 0 aromatic rings. The van der Waals surface area contributed by atoms with Gasteiger partial charge in [0, 0.05) is 38.3 Å². The number of nitrogens with one attached hydrogen (secondary N) is 1. The van der Waals surface area contributed by atoms with Gasteiger partial charge in [0.05, 0.1) is 6.10 Å². The maximum absolute atomic E-state index is 5.88. The van der Waals surface area contributed by atoms with Crippen LogP contribution in [0.5, 0.6) is 0 Å². The minimum Gasteiger partial charge on any atom is -0.377 e. The third kappa shape index (κ3) is 3.96. The summed E-state index contributed by atoms with van der Waals surface area (Å²) in [6.45, 7) is 16.2. The van der Waals surface area contributed by atoms with E-state index in [9.17, 15) is 0 Å². The fraction of sp³-hybridized carbons (Fsp3) is 1.00. The summed E-state index contributed by atoms with van der Waals surface area (Å²) in [5.41, 5.74) is 0.325. The molecule has 3 nitrogen and oxygen atoms in total. The molecule has 1 N–H and O–H groups in total. The van der Waals surface area contributed by atoms with Crippen molar-refractivity contribution in [2.75, 3.05) is 26.2 Å². The van der Waals surface area contributed by atoms with Crippen LogP contribution in [0, 0.1) is 11.3 Å². The van der Waals surface area contributed by atoms with Crippen LogP contribution < -0.4 is 5.32 Å². The summed E-state index contributed by atoms with van der Waals surface area (Å²) < 4.78 is 5.88. The number of hydrogen-bond donors (Lipinski definition) is 1. The van der Waals surface area contributed by atoms with Crippen LogP contribution in [0.25, 0.3) is 0 Å². The second-order valence-electron chi connectivity index (χ2n) is 7.87. The zero-order valence-electron chi connectivity index (χ0n) is 14.1. The van der Waals surface area contributed by atoms with Crippen molar-refractivity contribution in [3.63, 3.8) is 0 Å². The fourth-order valence-corrected chi connectivity index (χ4v) is 3.61. The first-order valence-electron chi connectivity index (χ1n) is 8.50. The van der Waals surface area contributed by atoms with Crippen molar-refractivity contribution in [3.05, 3.63) is 0 Å². The van der Waals surface area contributed by atoms with E-state index in [2.05, 4.69) is 44.8 Å². The highest BCUT2D eigenvalue weighted by Gasteiger charge is 2.37. The molecule has 4 atom stereocenters. The van der Waals surface area contributed by atoms with Crippen LogP contribution >= 0.6 is 0 Å². The minimum atomic E-state index is 0.325. The van der Waals surface area contributed by atoms with Crippen LogP contribution in [0.1, 0.15) is 53.9 Å². The van der Waals surface area contributed by atoms with E-state index in [-0.39, 0.29) is 0 Å². The van der Waals surface area contributed by atoms with Crippen LogP contribution in [-0.4, -0.2) is 49.3 Å². The lowest BCUT2D eigenvalue weighted by Crippen LogP contribution is -2.63. The summed E-state index contributed by atoms with van der Waals surface area (Å²) in [6.07, 6.45) is 4.21. The Morgan fingerprint density at radius 1 is 1.35 bits per heavy atom.